The minimum Gasteiger partial charge on any atom is -0.359 e. The second-order valence-corrected chi connectivity index (χ2v) is 6.44. The number of pyridine rings is 1. The summed E-state index contributed by atoms with van der Waals surface area (Å²) in [7, 11) is 0. The van der Waals surface area contributed by atoms with Gasteiger partial charge in [-0.25, -0.2) is 9.97 Å². The Bertz CT molecular complexity index is 1440. The molecule has 4 aromatic carbocycles. The van der Waals surface area contributed by atoms with Crippen LogP contribution in [0.3, 0.4) is 0 Å². The van der Waals surface area contributed by atoms with Gasteiger partial charge in [0.1, 0.15) is 17.4 Å². The van der Waals surface area contributed by atoms with E-state index >= 15 is 0 Å². The molecule has 6 rings (SSSR count). The summed E-state index contributed by atoms with van der Waals surface area (Å²) in [6.45, 7) is 0. The summed E-state index contributed by atoms with van der Waals surface area (Å²) in [6, 6.07) is 21.6. The van der Waals surface area contributed by atoms with Crippen molar-refractivity contribution < 1.29 is 0 Å². The fraction of sp³-hybridized carbons (Fsp3) is 0. The number of nitrogens with one attached hydrogen (secondary N) is 1. The highest BCUT2D eigenvalue weighted by molar-refractivity contribution is 6.29. The summed E-state index contributed by atoms with van der Waals surface area (Å²) in [4.78, 5) is 12.5. The van der Waals surface area contributed by atoms with Crippen molar-refractivity contribution in [2.75, 3.05) is 0 Å². The van der Waals surface area contributed by atoms with E-state index in [1.807, 2.05) is 12.3 Å². The predicted molar refractivity (Wildman–Crippen MR) is 104 cm³/mol. The van der Waals surface area contributed by atoms with Gasteiger partial charge >= 0.3 is 0 Å². The first kappa shape index (κ1) is 12.9. The second-order valence-electron chi connectivity index (χ2n) is 6.44. The Hall–Kier alpha value is -3.46. The van der Waals surface area contributed by atoms with E-state index in [2.05, 4.69) is 69.5 Å². The Morgan fingerprint density at radius 1 is 0.640 bits per heavy atom. The second kappa shape index (κ2) is 4.54. The number of aromatic nitrogens is 3. The van der Waals surface area contributed by atoms with Crippen LogP contribution in [-0.2, 0) is 0 Å². The SMILES string of the molecule is c1ccc2cc3c(ccc4c5ccc[nH]c5c5ncnc5c34)cc2c1. The highest BCUT2D eigenvalue weighted by atomic mass is 14.9. The molecule has 1 N–H and O–H groups in total. The lowest BCUT2D eigenvalue weighted by Crippen LogP contribution is -1.87. The van der Waals surface area contributed by atoms with Gasteiger partial charge in [-0.3, -0.25) is 0 Å². The van der Waals surface area contributed by atoms with Crippen LogP contribution in [0.5, 0.6) is 0 Å². The van der Waals surface area contributed by atoms with Gasteiger partial charge in [-0.05, 0) is 45.1 Å². The van der Waals surface area contributed by atoms with E-state index in [1.54, 1.807) is 6.33 Å². The van der Waals surface area contributed by atoms with Crippen molar-refractivity contribution in [2.45, 2.75) is 0 Å². The van der Waals surface area contributed by atoms with Gasteiger partial charge in [-0.2, -0.15) is 0 Å². The van der Waals surface area contributed by atoms with Crippen molar-refractivity contribution >= 4 is 54.3 Å². The van der Waals surface area contributed by atoms with Crippen LogP contribution < -0.4 is 0 Å². The molecule has 6 aromatic rings. The predicted octanol–water partition coefficient (Wildman–Crippen LogP) is 5.57. The summed E-state index contributed by atoms with van der Waals surface area (Å²) in [5.74, 6) is 0. The number of rotatable bonds is 0. The van der Waals surface area contributed by atoms with Gasteiger partial charge in [0.15, 0.2) is 0 Å². The van der Waals surface area contributed by atoms with Crippen molar-refractivity contribution in [1.82, 2.24) is 15.0 Å². The highest BCUT2D eigenvalue weighted by Gasteiger charge is 2.14. The van der Waals surface area contributed by atoms with Crippen molar-refractivity contribution in [3.63, 3.8) is 0 Å². The van der Waals surface area contributed by atoms with Crippen LogP contribution in [0.25, 0.3) is 54.3 Å². The molecule has 0 amide bonds. The third-order valence-corrected chi connectivity index (χ3v) is 5.10. The molecule has 0 aliphatic carbocycles. The molecule has 2 aromatic heterocycles. The number of benzene rings is 4. The van der Waals surface area contributed by atoms with Gasteiger partial charge in [0, 0.05) is 17.0 Å². The van der Waals surface area contributed by atoms with E-state index in [0.717, 1.165) is 16.6 Å². The molecule has 0 saturated carbocycles. The number of hydrogen-bond acceptors (Lipinski definition) is 2. The molecule has 3 heteroatoms. The van der Waals surface area contributed by atoms with E-state index in [9.17, 15) is 0 Å². The summed E-state index contributed by atoms with van der Waals surface area (Å²) in [5.41, 5.74) is 2.94. The van der Waals surface area contributed by atoms with Gasteiger partial charge in [-0.1, -0.05) is 42.5 Å². The molecule has 0 aliphatic rings. The molecule has 116 valence electrons. The maximum atomic E-state index is 4.60. The Morgan fingerprint density at radius 2 is 1.48 bits per heavy atom. The van der Waals surface area contributed by atoms with Crippen molar-refractivity contribution in [2.24, 2.45) is 0 Å². The number of H-pyrrole nitrogens is 1. The Morgan fingerprint density at radius 3 is 2.40 bits per heavy atom. The van der Waals surface area contributed by atoms with Gasteiger partial charge in [0.05, 0.1) is 5.52 Å². The molecule has 0 aliphatic heterocycles. The number of fused-ring (bicyclic) bond motifs is 9. The molecule has 0 fully saturated rings. The van der Waals surface area contributed by atoms with Gasteiger partial charge in [-0.15, -0.1) is 0 Å². The molecule has 25 heavy (non-hydrogen) atoms. The average Bonchev–Trinajstić information content (AvgIpc) is 3.16. The minimum atomic E-state index is 0.934. The van der Waals surface area contributed by atoms with E-state index < -0.39 is 0 Å². The van der Waals surface area contributed by atoms with Crippen LogP contribution in [0.2, 0.25) is 0 Å². The molecule has 0 bridgehead atoms. The van der Waals surface area contributed by atoms with Crippen LogP contribution in [0, 0.1) is 0 Å². The number of aromatic amines is 1. The van der Waals surface area contributed by atoms with Crippen molar-refractivity contribution in [3.05, 3.63) is 73.2 Å². The molecular formula is C22H13N3. The summed E-state index contributed by atoms with van der Waals surface area (Å²) < 4.78 is 0. The molecule has 3 nitrogen and oxygen atoms in total. The van der Waals surface area contributed by atoms with E-state index in [0.29, 0.717) is 0 Å². The quantitative estimate of drug-likeness (QED) is 0.294. The zero-order valence-electron chi connectivity index (χ0n) is 13.3. The van der Waals surface area contributed by atoms with Crippen molar-refractivity contribution in [3.8, 4) is 0 Å². The third kappa shape index (κ3) is 1.64. The zero-order valence-corrected chi connectivity index (χ0v) is 13.3. The lowest BCUT2D eigenvalue weighted by atomic mass is 9.95. The summed E-state index contributed by atoms with van der Waals surface area (Å²) >= 11 is 0. The topological polar surface area (TPSA) is 41.6 Å². The summed E-state index contributed by atoms with van der Waals surface area (Å²) in [5, 5.41) is 8.54. The maximum Gasteiger partial charge on any atom is 0.117 e. The summed E-state index contributed by atoms with van der Waals surface area (Å²) in [6.07, 6.45) is 3.60. The van der Waals surface area contributed by atoms with Crippen molar-refractivity contribution in [1.29, 1.82) is 0 Å². The molecule has 0 spiro atoms. The molecule has 2 heterocycles. The first-order valence-corrected chi connectivity index (χ1v) is 8.35. The van der Waals surface area contributed by atoms with Crippen LogP contribution >= 0.6 is 0 Å². The van der Waals surface area contributed by atoms with Crippen LogP contribution in [0.1, 0.15) is 0 Å². The maximum absolute atomic E-state index is 4.60. The minimum absolute atomic E-state index is 0.934. The molecule has 0 saturated heterocycles. The lowest BCUT2D eigenvalue weighted by Gasteiger charge is -2.10. The van der Waals surface area contributed by atoms with E-state index in [-0.39, 0.29) is 0 Å². The number of hydrogen-bond donors (Lipinski definition) is 1. The van der Waals surface area contributed by atoms with E-state index in [4.69, 9.17) is 0 Å². The third-order valence-electron chi connectivity index (χ3n) is 5.10. The fourth-order valence-corrected chi connectivity index (χ4v) is 3.98. The van der Waals surface area contributed by atoms with Crippen LogP contribution in [0.15, 0.2) is 73.2 Å². The Balaban J connectivity index is 1.97. The van der Waals surface area contributed by atoms with Gasteiger partial charge in [0.25, 0.3) is 0 Å². The average molecular weight is 319 g/mol. The fourth-order valence-electron chi connectivity index (χ4n) is 3.98. The molecule has 0 unspecified atom stereocenters. The standard InChI is InChI=1S/C22H13N3/c1-2-5-14-11-18-15(10-13(14)4-1)7-8-16-17-6-3-9-23-20(17)22-21(19(16)18)24-12-25-22/h1-12,23H. The first-order chi connectivity index (χ1) is 12.4. The van der Waals surface area contributed by atoms with Gasteiger partial charge in [0.2, 0.25) is 0 Å². The largest absolute Gasteiger partial charge is 0.359 e. The lowest BCUT2D eigenvalue weighted by molar-refractivity contribution is 1.34. The Labute approximate surface area is 142 Å². The van der Waals surface area contributed by atoms with E-state index in [1.165, 1.54) is 37.7 Å². The Kier molecular flexibility index (Phi) is 2.35. The number of imidazole rings is 1. The van der Waals surface area contributed by atoms with Crippen LogP contribution in [0.4, 0.5) is 0 Å². The molecule has 0 atom stereocenters. The zero-order chi connectivity index (χ0) is 16.4. The monoisotopic (exact) mass is 319 g/mol. The molecule has 0 radical (unpaired) electrons. The number of nitrogens with zero attached hydrogens (tertiary/aromatic N) is 2. The normalized spacial score (nSPS) is 12.0. The van der Waals surface area contributed by atoms with Crippen LogP contribution in [-0.4, -0.2) is 15.0 Å². The van der Waals surface area contributed by atoms with Gasteiger partial charge < -0.3 is 4.98 Å². The first-order valence-electron chi connectivity index (χ1n) is 8.35. The highest BCUT2D eigenvalue weighted by Crippen LogP contribution is 2.37. The smallest absolute Gasteiger partial charge is 0.117 e. The molecular weight excluding hydrogens is 306 g/mol.